The Hall–Kier alpha value is -2.93. The van der Waals surface area contributed by atoms with Gasteiger partial charge in [-0.05, 0) is 105 Å². The van der Waals surface area contributed by atoms with Crippen molar-refractivity contribution in [3.05, 3.63) is 53.8 Å². The number of nitrogens with zero attached hydrogens (tertiary/aromatic N) is 2. The van der Waals surface area contributed by atoms with Crippen LogP contribution in [0.2, 0.25) is 0 Å². The van der Waals surface area contributed by atoms with Gasteiger partial charge in [-0.2, -0.15) is 0 Å². The molecular formula is C31H40FN3O3. The average molecular weight is 522 g/mol. The Balaban J connectivity index is 1.14. The van der Waals surface area contributed by atoms with Crippen LogP contribution in [0.5, 0.6) is 5.75 Å². The number of benzene rings is 2. The van der Waals surface area contributed by atoms with Crippen LogP contribution in [0.4, 0.5) is 4.39 Å². The fourth-order valence-corrected chi connectivity index (χ4v) is 6.24. The van der Waals surface area contributed by atoms with Crippen LogP contribution in [-0.4, -0.2) is 60.4 Å². The van der Waals surface area contributed by atoms with E-state index in [2.05, 4.69) is 11.8 Å². The van der Waals surface area contributed by atoms with Crippen molar-refractivity contribution in [2.45, 2.75) is 64.3 Å². The van der Waals surface area contributed by atoms with Gasteiger partial charge < -0.3 is 20.3 Å². The predicted octanol–water partition coefficient (Wildman–Crippen LogP) is 5.25. The Bertz CT molecular complexity index is 1140. The molecular weight excluding hydrogens is 481 g/mol. The third kappa shape index (κ3) is 6.04. The highest BCUT2D eigenvalue weighted by molar-refractivity contribution is 5.97. The summed E-state index contributed by atoms with van der Waals surface area (Å²) in [5.74, 6) is -0.295. The van der Waals surface area contributed by atoms with E-state index < -0.39 is 11.9 Å². The minimum absolute atomic E-state index is 0.196. The molecule has 2 aliphatic heterocycles. The topological polar surface area (TPSA) is 75.9 Å². The molecule has 2 amide bonds. The predicted molar refractivity (Wildman–Crippen MR) is 146 cm³/mol. The third-order valence-corrected chi connectivity index (χ3v) is 8.84. The van der Waals surface area contributed by atoms with Gasteiger partial charge in [-0.3, -0.25) is 9.59 Å². The number of hydrogen-bond donors (Lipinski definition) is 1. The zero-order valence-corrected chi connectivity index (χ0v) is 22.5. The first kappa shape index (κ1) is 26.7. The molecule has 0 unspecified atom stereocenters. The van der Waals surface area contributed by atoms with Gasteiger partial charge in [0.25, 0.3) is 5.91 Å². The van der Waals surface area contributed by atoms with Crippen LogP contribution < -0.4 is 10.5 Å². The van der Waals surface area contributed by atoms with Crippen LogP contribution in [0.25, 0.3) is 11.1 Å². The number of rotatable bonds is 8. The van der Waals surface area contributed by atoms with Crippen LogP contribution in [0.3, 0.4) is 0 Å². The first-order valence-corrected chi connectivity index (χ1v) is 14.2. The molecule has 6 nitrogen and oxygen atoms in total. The summed E-state index contributed by atoms with van der Waals surface area (Å²) in [5, 5.41) is 0. The molecule has 0 radical (unpaired) electrons. The molecule has 38 heavy (non-hydrogen) atoms. The number of nitrogens with two attached hydrogens (primary N) is 1. The van der Waals surface area contributed by atoms with Gasteiger partial charge in [0.05, 0.1) is 6.61 Å². The number of piperidine rings is 2. The van der Waals surface area contributed by atoms with Crippen molar-refractivity contribution >= 4 is 11.8 Å². The number of hydrogen-bond acceptors (Lipinski definition) is 4. The fourth-order valence-electron chi connectivity index (χ4n) is 6.24. The maximum atomic E-state index is 14.9. The molecule has 2 aromatic carbocycles. The van der Waals surface area contributed by atoms with Gasteiger partial charge in [-0.15, -0.1) is 0 Å². The van der Waals surface area contributed by atoms with Gasteiger partial charge in [-0.1, -0.05) is 31.5 Å². The number of carbonyl (C=O) groups is 2. The monoisotopic (exact) mass is 521 g/mol. The van der Waals surface area contributed by atoms with Crippen molar-refractivity contribution < 1.29 is 18.7 Å². The van der Waals surface area contributed by atoms with E-state index in [0.717, 1.165) is 49.9 Å². The smallest absolute Gasteiger partial charge is 0.254 e. The van der Waals surface area contributed by atoms with Gasteiger partial charge >= 0.3 is 0 Å². The summed E-state index contributed by atoms with van der Waals surface area (Å²) in [5.41, 5.74) is 8.06. The Morgan fingerprint density at radius 3 is 2.32 bits per heavy atom. The molecule has 1 aliphatic carbocycles. The molecule has 2 aromatic rings. The molecule has 2 saturated heterocycles. The molecule has 1 atom stereocenters. The van der Waals surface area contributed by atoms with Crippen LogP contribution >= 0.6 is 0 Å². The second kappa shape index (κ2) is 11.4. The summed E-state index contributed by atoms with van der Waals surface area (Å²) < 4.78 is 20.8. The van der Waals surface area contributed by atoms with Gasteiger partial charge in [-0.25, -0.2) is 4.39 Å². The van der Waals surface area contributed by atoms with Crippen molar-refractivity contribution in [1.29, 1.82) is 0 Å². The Morgan fingerprint density at radius 2 is 1.68 bits per heavy atom. The lowest BCUT2D eigenvalue weighted by atomic mass is 9.70. The van der Waals surface area contributed by atoms with Crippen molar-refractivity contribution in [3.8, 4) is 16.9 Å². The maximum Gasteiger partial charge on any atom is 0.254 e. The number of primary amides is 1. The Kier molecular flexibility index (Phi) is 8.03. The zero-order valence-electron chi connectivity index (χ0n) is 22.5. The van der Waals surface area contributed by atoms with E-state index in [4.69, 9.17) is 10.5 Å². The van der Waals surface area contributed by atoms with Gasteiger partial charge in [0.15, 0.2) is 11.6 Å². The largest absolute Gasteiger partial charge is 0.490 e. The summed E-state index contributed by atoms with van der Waals surface area (Å²) in [6.07, 6.45) is 8.61. The van der Waals surface area contributed by atoms with Gasteiger partial charge in [0.1, 0.15) is 6.04 Å². The fraction of sp³-hybridized carbons (Fsp3) is 0.548. The second-order valence-electron chi connectivity index (χ2n) is 11.8. The summed E-state index contributed by atoms with van der Waals surface area (Å²) in [6, 6.07) is 11.6. The van der Waals surface area contributed by atoms with E-state index in [1.165, 1.54) is 31.9 Å². The van der Waals surface area contributed by atoms with Gasteiger partial charge in [0, 0.05) is 18.7 Å². The minimum atomic E-state index is -0.555. The van der Waals surface area contributed by atoms with Gasteiger partial charge in [0.2, 0.25) is 5.91 Å². The molecule has 0 aromatic heterocycles. The Morgan fingerprint density at radius 1 is 0.974 bits per heavy atom. The average Bonchev–Trinajstić information content (AvgIpc) is 2.92. The first-order valence-electron chi connectivity index (χ1n) is 14.2. The first-order chi connectivity index (χ1) is 18.3. The number of ether oxygens (including phenoxy) is 1. The lowest BCUT2D eigenvalue weighted by molar-refractivity contribution is -0.123. The van der Waals surface area contributed by atoms with E-state index in [9.17, 15) is 14.0 Å². The van der Waals surface area contributed by atoms with Crippen LogP contribution in [0, 0.1) is 17.2 Å². The number of likely N-dealkylation sites (tertiary alicyclic amines) is 2. The lowest BCUT2D eigenvalue weighted by Crippen LogP contribution is -2.50. The lowest BCUT2D eigenvalue weighted by Gasteiger charge is -2.44. The SMILES string of the molecule is CC1(CN2CCC(COc3ccc(-c4ccc(C(=O)N5CCCC[C@@H]5C(N)=O)cc4)cc3F)CC2)CCC1. The van der Waals surface area contributed by atoms with Crippen molar-refractivity contribution in [3.63, 3.8) is 0 Å². The van der Waals surface area contributed by atoms with Crippen molar-refractivity contribution in [1.82, 2.24) is 9.80 Å². The summed E-state index contributed by atoms with van der Waals surface area (Å²) in [7, 11) is 0. The van der Waals surface area contributed by atoms with E-state index in [1.54, 1.807) is 23.1 Å². The summed E-state index contributed by atoms with van der Waals surface area (Å²) in [6.45, 7) is 6.88. The van der Waals surface area contributed by atoms with Crippen LogP contribution in [0.1, 0.15) is 68.6 Å². The third-order valence-electron chi connectivity index (χ3n) is 8.84. The minimum Gasteiger partial charge on any atom is -0.490 e. The highest BCUT2D eigenvalue weighted by Gasteiger charge is 2.35. The molecule has 7 heteroatoms. The van der Waals surface area contributed by atoms with E-state index in [1.807, 2.05) is 18.2 Å². The molecule has 0 bridgehead atoms. The van der Waals surface area contributed by atoms with E-state index >= 15 is 0 Å². The molecule has 3 aliphatic rings. The van der Waals surface area contributed by atoms with E-state index in [0.29, 0.717) is 36.5 Å². The normalized spacial score (nSPS) is 22.1. The molecule has 204 valence electrons. The number of amides is 2. The summed E-state index contributed by atoms with van der Waals surface area (Å²) in [4.78, 5) is 28.9. The van der Waals surface area contributed by atoms with Crippen molar-refractivity contribution in [2.24, 2.45) is 17.1 Å². The molecule has 2 N–H and O–H groups in total. The quantitative estimate of drug-likeness (QED) is 0.515. The van der Waals surface area contributed by atoms with Crippen molar-refractivity contribution in [2.75, 3.05) is 32.8 Å². The molecule has 1 saturated carbocycles. The maximum absolute atomic E-state index is 14.9. The van der Waals surface area contributed by atoms with E-state index in [-0.39, 0.29) is 17.5 Å². The molecule has 2 heterocycles. The highest BCUT2D eigenvalue weighted by atomic mass is 19.1. The molecule has 0 spiro atoms. The second-order valence-corrected chi connectivity index (χ2v) is 11.8. The number of halogens is 1. The van der Waals surface area contributed by atoms with Crippen LogP contribution in [-0.2, 0) is 4.79 Å². The molecule has 5 rings (SSSR count). The van der Waals surface area contributed by atoms with Crippen LogP contribution in [0.15, 0.2) is 42.5 Å². The number of carbonyl (C=O) groups excluding carboxylic acids is 2. The Labute approximate surface area is 225 Å². The highest BCUT2D eigenvalue weighted by Crippen LogP contribution is 2.41. The summed E-state index contributed by atoms with van der Waals surface area (Å²) >= 11 is 0. The zero-order chi connectivity index (χ0) is 26.7. The standard InChI is InChI=1S/C31H40FN3O3/c1-31(14-4-15-31)21-34-17-12-22(13-18-34)20-38-28-11-10-25(19-26(28)32)23-6-8-24(9-7-23)30(37)35-16-3-2-5-27(35)29(33)36/h6-11,19,22,27H,2-5,12-18,20-21H2,1H3,(H2,33,36)/t27-/m1/s1. The molecule has 3 fully saturated rings.